The number of anilines is 1. The normalized spacial score (nSPS) is 12.0. The van der Waals surface area contributed by atoms with Crippen molar-refractivity contribution in [3.63, 3.8) is 0 Å². The molecule has 0 saturated heterocycles. The number of amides is 1. The highest BCUT2D eigenvalue weighted by atomic mass is 32.2. The van der Waals surface area contributed by atoms with Crippen molar-refractivity contribution in [2.45, 2.75) is 11.3 Å². The van der Waals surface area contributed by atoms with E-state index in [1.165, 1.54) is 35.8 Å². The molecule has 4 aromatic rings. The Bertz CT molecular complexity index is 1330. The summed E-state index contributed by atoms with van der Waals surface area (Å²) in [5.74, 6) is -0.166. The lowest BCUT2D eigenvalue weighted by Gasteiger charge is -2.10. The molecule has 29 heavy (non-hydrogen) atoms. The fourth-order valence-electron chi connectivity index (χ4n) is 3.03. The number of thiazole rings is 1. The Hall–Kier alpha value is -2.81. The topological polar surface area (TPSA) is 79.4 Å². The zero-order valence-corrected chi connectivity index (χ0v) is 17.5. The van der Waals surface area contributed by atoms with Crippen LogP contribution in [0.25, 0.3) is 21.0 Å². The van der Waals surface area contributed by atoms with Gasteiger partial charge in [-0.05, 0) is 34.5 Å². The van der Waals surface area contributed by atoms with Crippen molar-refractivity contribution in [2.24, 2.45) is 0 Å². The van der Waals surface area contributed by atoms with Gasteiger partial charge in [-0.3, -0.25) is 4.79 Å². The number of sulfonamides is 1. The molecule has 0 aliphatic rings. The number of hydrogen-bond donors (Lipinski definition) is 1. The van der Waals surface area contributed by atoms with Crippen molar-refractivity contribution < 1.29 is 13.2 Å². The van der Waals surface area contributed by atoms with Gasteiger partial charge in [-0.25, -0.2) is 17.7 Å². The zero-order valence-electron chi connectivity index (χ0n) is 15.9. The van der Waals surface area contributed by atoms with E-state index < -0.39 is 10.0 Å². The summed E-state index contributed by atoms with van der Waals surface area (Å²) in [6.45, 7) is 0. The third-order valence-electron chi connectivity index (χ3n) is 4.56. The molecule has 1 aromatic heterocycles. The summed E-state index contributed by atoms with van der Waals surface area (Å²) in [5, 5.41) is 5.49. The number of fused-ring (bicyclic) bond motifs is 2. The van der Waals surface area contributed by atoms with E-state index in [0.29, 0.717) is 15.3 Å². The van der Waals surface area contributed by atoms with Gasteiger partial charge in [0, 0.05) is 14.1 Å². The predicted octanol–water partition coefficient (Wildman–Crippen LogP) is 3.88. The molecular formula is C21H19N3O3S2. The summed E-state index contributed by atoms with van der Waals surface area (Å²) in [5.41, 5.74) is 1.57. The van der Waals surface area contributed by atoms with Gasteiger partial charge in [0.2, 0.25) is 15.9 Å². The van der Waals surface area contributed by atoms with Crippen LogP contribution >= 0.6 is 11.3 Å². The lowest BCUT2D eigenvalue weighted by Crippen LogP contribution is -2.22. The number of carbonyl (C=O) groups excluding carboxylic acids is 1. The molecule has 8 heteroatoms. The second kappa shape index (κ2) is 7.55. The highest BCUT2D eigenvalue weighted by Crippen LogP contribution is 2.29. The smallest absolute Gasteiger partial charge is 0.242 e. The van der Waals surface area contributed by atoms with Gasteiger partial charge in [-0.2, -0.15) is 0 Å². The van der Waals surface area contributed by atoms with Crippen LogP contribution in [0.1, 0.15) is 5.56 Å². The Balaban J connectivity index is 1.53. The number of carbonyl (C=O) groups is 1. The maximum Gasteiger partial charge on any atom is 0.242 e. The first kappa shape index (κ1) is 19.5. The second-order valence-electron chi connectivity index (χ2n) is 6.84. The molecule has 0 atom stereocenters. The van der Waals surface area contributed by atoms with E-state index in [4.69, 9.17) is 0 Å². The molecule has 0 saturated carbocycles. The minimum absolute atomic E-state index is 0.166. The summed E-state index contributed by atoms with van der Waals surface area (Å²) in [6, 6.07) is 18.7. The minimum atomic E-state index is -3.52. The summed E-state index contributed by atoms with van der Waals surface area (Å²) in [7, 11) is -0.535. The van der Waals surface area contributed by atoms with Gasteiger partial charge in [-0.1, -0.05) is 53.8 Å². The Kier molecular flexibility index (Phi) is 5.08. The number of hydrogen-bond acceptors (Lipinski definition) is 5. The van der Waals surface area contributed by atoms with E-state index in [1.54, 1.807) is 12.1 Å². The van der Waals surface area contributed by atoms with E-state index in [-0.39, 0.29) is 17.2 Å². The molecule has 0 unspecified atom stereocenters. The molecular weight excluding hydrogens is 406 g/mol. The summed E-state index contributed by atoms with van der Waals surface area (Å²) in [4.78, 5) is 17.1. The third-order valence-corrected chi connectivity index (χ3v) is 7.31. The van der Waals surface area contributed by atoms with Gasteiger partial charge >= 0.3 is 0 Å². The van der Waals surface area contributed by atoms with Crippen molar-refractivity contribution in [3.05, 3.63) is 66.2 Å². The van der Waals surface area contributed by atoms with Crippen LogP contribution < -0.4 is 5.32 Å². The van der Waals surface area contributed by atoms with Crippen molar-refractivity contribution in [2.75, 3.05) is 19.4 Å². The lowest BCUT2D eigenvalue weighted by molar-refractivity contribution is -0.115. The summed E-state index contributed by atoms with van der Waals surface area (Å²) < 4.78 is 26.5. The van der Waals surface area contributed by atoms with Crippen molar-refractivity contribution in [3.8, 4) is 0 Å². The Labute approximate surface area is 172 Å². The average Bonchev–Trinajstić information content (AvgIpc) is 3.08. The Morgan fingerprint density at radius 1 is 1.03 bits per heavy atom. The molecule has 0 aliphatic carbocycles. The number of nitrogens with zero attached hydrogens (tertiary/aromatic N) is 2. The standard InChI is InChI=1S/C21H19N3O3S2/c1-24(2)29(26,27)17-9-10-18-19(13-17)28-21(22-18)23-20(25)12-14-7-8-15-5-3-4-6-16(15)11-14/h3-11,13H,12H2,1-2H3,(H,22,23,25). The summed E-state index contributed by atoms with van der Waals surface area (Å²) in [6.07, 6.45) is 0.237. The average molecular weight is 426 g/mol. The van der Waals surface area contributed by atoms with Crippen LogP contribution in [0.3, 0.4) is 0 Å². The largest absolute Gasteiger partial charge is 0.302 e. The third kappa shape index (κ3) is 4.00. The van der Waals surface area contributed by atoms with Crippen molar-refractivity contribution in [1.29, 1.82) is 0 Å². The van der Waals surface area contributed by atoms with Crippen LogP contribution in [0.5, 0.6) is 0 Å². The number of aromatic nitrogens is 1. The van der Waals surface area contributed by atoms with E-state index >= 15 is 0 Å². The molecule has 0 bridgehead atoms. The monoisotopic (exact) mass is 425 g/mol. The van der Waals surface area contributed by atoms with E-state index in [1.807, 2.05) is 42.5 Å². The maximum atomic E-state index is 12.5. The molecule has 0 spiro atoms. The highest BCUT2D eigenvalue weighted by Gasteiger charge is 2.18. The zero-order chi connectivity index (χ0) is 20.6. The fraction of sp³-hybridized carbons (Fsp3) is 0.143. The molecule has 1 N–H and O–H groups in total. The van der Waals surface area contributed by atoms with Gasteiger partial charge < -0.3 is 5.32 Å². The first-order chi connectivity index (χ1) is 13.8. The van der Waals surface area contributed by atoms with Crippen LogP contribution in [-0.4, -0.2) is 37.7 Å². The molecule has 6 nitrogen and oxygen atoms in total. The fourth-order valence-corrected chi connectivity index (χ4v) is 4.95. The molecule has 0 aliphatic heterocycles. The van der Waals surface area contributed by atoms with E-state index in [9.17, 15) is 13.2 Å². The van der Waals surface area contributed by atoms with Crippen LogP contribution in [0.4, 0.5) is 5.13 Å². The van der Waals surface area contributed by atoms with Crippen LogP contribution in [-0.2, 0) is 21.2 Å². The van der Waals surface area contributed by atoms with Gasteiger partial charge in [-0.15, -0.1) is 0 Å². The molecule has 3 aromatic carbocycles. The van der Waals surface area contributed by atoms with Crippen molar-refractivity contribution >= 4 is 53.4 Å². The quantitative estimate of drug-likeness (QED) is 0.526. The van der Waals surface area contributed by atoms with Crippen LogP contribution in [0, 0.1) is 0 Å². The second-order valence-corrected chi connectivity index (χ2v) is 10.0. The van der Waals surface area contributed by atoms with Crippen molar-refractivity contribution in [1.82, 2.24) is 9.29 Å². The Morgan fingerprint density at radius 3 is 2.55 bits per heavy atom. The molecule has 0 radical (unpaired) electrons. The van der Waals surface area contributed by atoms with Gasteiger partial charge in [0.25, 0.3) is 0 Å². The van der Waals surface area contributed by atoms with Gasteiger partial charge in [0.1, 0.15) is 0 Å². The molecule has 1 heterocycles. The first-order valence-electron chi connectivity index (χ1n) is 8.93. The Morgan fingerprint density at radius 2 is 1.79 bits per heavy atom. The SMILES string of the molecule is CN(C)S(=O)(=O)c1ccc2nc(NC(=O)Cc3ccc4ccccc4c3)sc2c1. The van der Waals surface area contributed by atoms with E-state index in [0.717, 1.165) is 16.3 Å². The summed E-state index contributed by atoms with van der Waals surface area (Å²) >= 11 is 1.25. The first-order valence-corrected chi connectivity index (χ1v) is 11.2. The number of nitrogens with one attached hydrogen (secondary N) is 1. The minimum Gasteiger partial charge on any atom is -0.302 e. The lowest BCUT2D eigenvalue weighted by atomic mass is 10.1. The van der Waals surface area contributed by atoms with E-state index in [2.05, 4.69) is 10.3 Å². The van der Waals surface area contributed by atoms with Crippen LogP contribution in [0.2, 0.25) is 0 Å². The maximum absolute atomic E-state index is 12.5. The van der Waals surface area contributed by atoms with Gasteiger partial charge in [0.15, 0.2) is 5.13 Å². The van der Waals surface area contributed by atoms with Gasteiger partial charge in [0.05, 0.1) is 21.5 Å². The number of rotatable bonds is 5. The number of benzene rings is 3. The highest BCUT2D eigenvalue weighted by molar-refractivity contribution is 7.89. The molecule has 1 amide bonds. The predicted molar refractivity (Wildman–Crippen MR) is 117 cm³/mol. The molecule has 4 rings (SSSR count). The van der Waals surface area contributed by atoms with Crippen LogP contribution in [0.15, 0.2) is 65.6 Å². The molecule has 0 fully saturated rings. The molecule has 148 valence electrons.